The van der Waals surface area contributed by atoms with Crippen molar-refractivity contribution in [2.75, 3.05) is 11.1 Å². The Hall–Kier alpha value is -2.31. The van der Waals surface area contributed by atoms with Gasteiger partial charge in [0.1, 0.15) is 5.82 Å². The third-order valence-electron chi connectivity index (χ3n) is 3.18. The molecule has 4 nitrogen and oxygen atoms in total. The first-order valence-corrected chi connectivity index (χ1v) is 8.46. The molecule has 0 radical (unpaired) electrons. The lowest BCUT2D eigenvalue weighted by atomic mass is 10.2. The Morgan fingerprint density at radius 3 is 2.79 bits per heavy atom. The van der Waals surface area contributed by atoms with Crippen LogP contribution in [0.4, 0.5) is 10.1 Å². The van der Waals surface area contributed by atoms with Crippen molar-refractivity contribution in [3.8, 4) is 11.3 Å². The van der Waals surface area contributed by atoms with Crippen LogP contribution in [0.15, 0.2) is 59.9 Å². The van der Waals surface area contributed by atoms with E-state index in [-0.39, 0.29) is 16.7 Å². The number of carbonyl (C=O) groups is 1. The minimum atomic E-state index is -0.520. The first-order chi connectivity index (χ1) is 11.6. The van der Waals surface area contributed by atoms with Crippen molar-refractivity contribution in [3.63, 3.8) is 0 Å². The van der Waals surface area contributed by atoms with E-state index in [1.54, 1.807) is 6.20 Å². The van der Waals surface area contributed by atoms with Crippen LogP contribution in [0.5, 0.6) is 0 Å². The Kier molecular flexibility index (Phi) is 5.17. The van der Waals surface area contributed by atoms with E-state index in [1.807, 2.05) is 30.3 Å². The summed E-state index contributed by atoms with van der Waals surface area (Å²) in [7, 11) is 0. The summed E-state index contributed by atoms with van der Waals surface area (Å²) in [4.78, 5) is 19.4. The predicted molar refractivity (Wildman–Crippen MR) is 94.8 cm³/mol. The van der Waals surface area contributed by atoms with Crippen LogP contribution in [0.3, 0.4) is 0 Å². The van der Waals surface area contributed by atoms with Crippen molar-refractivity contribution in [1.29, 1.82) is 0 Å². The molecule has 0 spiro atoms. The fourth-order valence-corrected chi connectivity index (χ4v) is 2.88. The fourth-order valence-electron chi connectivity index (χ4n) is 2.05. The molecule has 0 bridgehead atoms. The van der Waals surface area contributed by atoms with E-state index in [0.717, 1.165) is 11.3 Å². The number of amides is 1. The first-order valence-electron chi connectivity index (χ1n) is 7.10. The topological polar surface area (TPSA) is 57.8 Å². The molecule has 2 N–H and O–H groups in total. The largest absolute Gasteiger partial charge is 0.333 e. The van der Waals surface area contributed by atoms with Gasteiger partial charge in [-0.2, -0.15) is 0 Å². The van der Waals surface area contributed by atoms with Crippen LogP contribution in [-0.2, 0) is 4.79 Å². The Morgan fingerprint density at radius 1 is 1.25 bits per heavy atom. The third-order valence-corrected chi connectivity index (χ3v) is 4.36. The summed E-state index contributed by atoms with van der Waals surface area (Å²) >= 11 is 6.97. The summed E-state index contributed by atoms with van der Waals surface area (Å²) in [6.45, 7) is 0. The highest BCUT2D eigenvalue weighted by Gasteiger charge is 2.08. The predicted octanol–water partition coefficient (Wildman–Crippen LogP) is 4.60. The van der Waals surface area contributed by atoms with E-state index in [9.17, 15) is 9.18 Å². The van der Waals surface area contributed by atoms with Crippen LogP contribution in [0.1, 0.15) is 0 Å². The fraction of sp³-hybridized carbons (Fsp3) is 0.0588. The molecule has 0 aliphatic heterocycles. The Morgan fingerprint density at radius 2 is 2.04 bits per heavy atom. The molecule has 0 saturated carbocycles. The second-order valence-electron chi connectivity index (χ2n) is 4.93. The molecule has 1 aromatic heterocycles. The van der Waals surface area contributed by atoms with Crippen molar-refractivity contribution in [2.45, 2.75) is 5.16 Å². The Balaban J connectivity index is 1.56. The van der Waals surface area contributed by atoms with Crippen molar-refractivity contribution in [3.05, 3.63) is 65.6 Å². The number of imidazole rings is 1. The van der Waals surface area contributed by atoms with Gasteiger partial charge in [-0.1, -0.05) is 53.7 Å². The molecule has 1 amide bonds. The van der Waals surface area contributed by atoms with Crippen molar-refractivity contribution in [1.82, 2.24) is 9.97 Å². The molecule has 0 saturated heterocycles. The molecule has 7 heteroatoms. The van der Waals surface area contributed by atoms with Gasteiger partial charge in [0.2, 0.25) is 5.91 Å². The minimum Gasteiger partial charge on any atom is -0.333 e. The SMILES string of the molecule is O=C(CSc1ncc(-c2ccccc2)[nH]1)Nc1ccc(F)c(Cl)c1. The van der Waals surface area contributed by atoms with E-state index in [0.29, 0.717) is 10.8 Å². The van der Waals surface area contributed by atoms with E-state index in [1.165, 1.54) is 30.0 Å². The van der Waals surface area contributed by atoms with Crippen molar-refractivity contribution >= 4 is 35.0 Å². The van der Waals surface area contributed by atoms with Gasteiger partial charge < -0.3 is 10.3 Å². The number of rotatable bonds is 5. The number of carbonyl (C=O) groups excluding carboxylic acids is 1. The maximum atomic E-state index is 13.1. The molecule has 3 rings (SSSR count). The van der Waals surface area contributed by atoms with Gasteiger partial charge in [0, 0.05) is 5.69 Å². The third kappa shape index (κ3) is 4.15. The van der Waals surface area contributed by atoms with Gasteiger partial charge in [-0.05, 0) is 23.8 Å². The highest BCUT2D eigenvalue weighted by Crippen LogP contribution is 2.22. The monoisotopic (exact) mass is 361 g/mol. The number of thioether (sulfide) groups is 1. The second-order valence-corrected chi connectivity index (χ2v) is 6.31. The summed E-state index contributed by atoms with van der Waals surface area (Å²) in [6.07, 6.45) is 1.73. The van der Waals surface area contributed by atoms with Crippen molar-refractivity contribution in [2.24, 2.45) is 0 Å². The van der Waals surface area contributed by atoms with Gasteiger partial charge in [-0.25, -0.2) is 9.37 Å². The van der Waals surface area contributed by atoms with Crippen LogP contribution in [0.2, 0.25) is 5.02 Å². The average Bonchev–Trinajstić information content (AvgIpc) is 3.06. The molecule has 0 aliphatic carbocycles. The van der Waals surface area contributed by atoms with Gasteiger partial charge in [-0.15, -0.1) is 0 Å². The summed E-state index contributed by atoms with van der Waals surface area (Å²) in [5.41, 5.74) is 2.38. The number of nitrogens with one attached hydrogen (secondary N) is 2. The zero-order valence-electron chi connectivity index (χ0n) is 12.4. The number of aromatic nitrogens is 2. The van der Waals surface area contributed by atoms with E-state index in [4.69, 9.17) is 11.6 Å². The summed E-state index contributed by atoms with van der Waals surface area (Å²) in [5, 5.41) is 3.29. The van der Waals surface area contributed by atoms with E-state index < -0.39 is 5.82 Å². The van der Waals surface area contributed by atoms with Crippen LogP contribution in [-0.4, -0.2) is 21.6 Å². The van der Waals surface area contributed by atoms with Gasteiger partial charge in [0.25, 0.3) is 0 Å². The quantitative estimate of drug-likeness (QED) is 0.653. The first kappa shape index (κ1) is 16.5. The van der Waals surface area contributed by atoms with E-state index >= 15 is 0 Å². The van der Waals surface area contributed by atoms with Crippen LogP contribution < -0.4 is 5.32 Å². The smallest absolute Gasteiger partial charge is 0.234 e. The summed E-state index contributed by atoms with van der Waals surface area (Å²) in [6, 6.07) is 13.9. The lowest BCUT2D eigenvalue weighted by Gasteiger charge is -2.05. The number of halogens is 2. The Bertz CT molecular complexity index is 854. The van der Waals surface area contributed by atoms with Gasteiger partial charge >= 0.3 is 0 Å². The van der Waals surface area contributed by atoms with Gasteiger partial charge in [0.05, 0.1) is 22.7 Å². The number of aromatic amines is 1. The molecular formula is C17H13ClFN3OS. The zero-order chi connectivity index (χ0) is 16.9. The van der Waals surface area contributed by atoms with Crippen LogP contribution in [0, 0.1) is 5.82 Å². The molecule has 122 valence electrons. The Labute approximate surface area is 147 Å². The number of hydrogen-bond acceptors (Lipinski definition) is 3. The van der Waals surface area contributed by atoms with Gasteiger partial charge in [0.15, 0.2) is 5.16 Å². The van der Waals surface area contributed by atoms with Crippen LogP contribution >= 0.6 is 23.4 Å². The average molecular weight is 362 g/mol. The minimum absolute atomic E-state index is 0.0287. The lowest BCUT2D eigenvalue weighted by Crippen LogP contribution is -2.14. The molecular weight excluding hydrogens is 349 g/mol. The van der Waals surface area contributed by atoms with E-state index in [2.05, 4.69) is 15.3 Å². The molecule has 24 heavy (non-hydrogen) atoms. The zero-order valence-corrected chi connectivity index (χ0v) is 14.0. The van der Waals surface area contributed by atoms with Gasteiger partial charge in [-0.3, -0.25) is 4.79 Å². The highest BCUT2D eigenvalue weighted by atomic mass is 35.5. The molecule has 0 unspecified atom stereocenters. The number of H-pyrrole nitrogens is 1. The second kappa shape index (κ2) is 7.51. The number of hydrogen-bond donors (Lipinski definition) is 2. The summed E-state index contributed by atoms with van der Waals surface area (Å²) in [5.74, 6) is -0.565. The lowest BCUT2D eigenvalue weighted by molar-refractivity contribution is -0.113. The number of anilines is 1. The standard InChI is InChI=1S/C17H13ClFN3OS/c18-13-8-12(6-7-14(13)19)21-16(23)10-24-17-20-9-15(22-17)11-4-2-1-3-5-11/h1-9H,10H2,(H,20,22)(H,21,23). The molecule has 0 fully saturated rings. The molecule has 0 aliphatic rings. The molecule has 0 atom stereocenters. The summed E-state index contributed by atoms with van der Waals surface area (Å²) < 4.78 is 13.1. The molecule has 2 aromatic carbocycles. The van der Waals surface area contributed by atoms with Crippen molar-refractivity contribution < 1.29 is 9.18 Å². The highest BCUT2D eigenvalue weighted by molar-refractivity contribution is 7.99. The van der Waals surface area contributed by atoms with Crippen LogP contribution in [0.25, 0.3) is 11.3 Å². The maximum absolute atomic E-state index is 13.1. The molecule has 1 heterocycles. The molecule has 3 aromatic rings. The maximum Gasteiger partial charge on any atom is 0.234 e. The number of nitrogens with zero attached hydrogens (tertiary/aromatic N) is 1. The normalized spacial score (nSPS) is 10.6. The number of benzene rings is 2.